The predicted octanol–water partition coefficient (Wildman–Crippen LogP) is 1.67. The minimum Gasteiger partial charge on any atom is -0.478 e. The van der Waals surface area contributed by atoms with Crippen LogP contribution in [0.25, 0.3) is 0 Å². The largest absolute Gasteiger partial charge is 0.478 e. The van der Waals surface area contributed by atoms with Gasteiger partial charge in [-0.3, -0.25) is 4.79 Å². The van der Waals surface area contributed by atoms with Gasteiger partial charge in [0.2, 0.25) is 5.91 Å². The van der Waals surface area contributed by atoms with Gasteiger partial charge in [0.15, 0.2) is 0 Å². The van der Waals surface area contributed by atoms with Gasteiger partial charge in [-0.15, -0.1) is 0 Å². The molecule has 1 aromatic carbocycles. The number of carboxylic acid groups (broad SMARTS) is 1. The summed E-state index contributed by atoms with van der Waals surface area (Å²) in [5, 5.41) is 18.3. The van der Waals surface area contributed by atoms with Crippen LogP contribution in [0.2, 0.25) is 0 Å². The second-order valence-corrected chi connectivity index (χ2v) is 5.02. The van der Waals surface area contributed by atoms with E-state index in [0.717, 1.165) is 0 Å². The quantitative estimate of drug-likeness (QED) is 0.913. The number of ether oxygens (including phenoxy) is 1. The van der Waals surface area contributed by atoms with Crippen LogP contribution in [0.15, 0.2) is 24.3 Å². The van der Waals surface area contributed by atoms with E-state index in [2.05, 4.69) is 6.07 Å². The van der Waals surface area contributed by atoms with Gasteiger partial charge in [0.1, 0.15) is 5.41 Å². The first-order valence-corrected chi connectivity index (χ1v) is 6.61. The molecule has 1 aliphatic rings. The number of nitrogens with zero attached hydrogens (tertiary/aromatic N) is 2. The van der Waals surface area contributed by atoms with Gasteiger partial charge in [0.05, 0.1) is 11.6 Å². The third-order valence-electron chi connectivity index (χ3n) is 3.78. The van der Waals surface area contributed by atoms with Crippen LogP contribution in [-0.2, 0) is 9.53 Å². The van der Waals surface area contributed by atoms with Crippen molar-refractivity contribution in [2.75, 3.05) is 25.2 Å². The van der Waals surface area contributed by atoms with E-state index in [1.165, 1.54) is 17.0 Å². The molecule has 0 spiro atoms. The predicted molar refractivity (Wildman–Crippen MR) is 74.9 cm³/mol. The van der Waals surface area contributed by atoms with Crippen molar-refractivity contribution in [3.63, 3.8) is 0 Å². The molecule has 1 amide bonds. The monoisotopic (exact) mass is 288 g/mol. The summed E-state index contributed by atoms with van der Waals surface area (Å²) in [4.78, 5) is 24.8. The lowest BCUT2D eigenvalue weighted by atomic mass is 9.80. The summed E-state index contributed by atoms with van der Waals surface area (Å²) in [6.45, 7) is 0.788. The minimum atomic E-state index is -1.06. The first-order valence-electron chi connectivity index (χ1n) is 6.61. The summed E-state index contributed by atoms with van der Waals surface area (Å²) in [6.07, 6.45) is 0.750. The van der Waals surface area contributed by atoms with Gasteiger partial charge in [0, 0.05) is 25.9 Å². The minimum absolute atomic E-state index is 0.153. The van der Waals surface area contributed by atoms with Crippen molar-refractivity contribution in [2.24, 2.45) is 5.41 Å². The number of hydrogen-bond acceptors (Lipinski definition) is 4. The molecule has 0 radical (unpaired) electrons. The average molecular weight is 288 g/mol. The van der Waals surface area contributed by atoms with E-state index in [1.807, 2.05) is 0 Å². The number of amides is 1. The normalized spacial score (nSPS) is 16.8. The van der Waals surface area contributed by atoms with E-state index < -0.39 is 11.4 Å². The summed E-state index contributed by atoms with van der Waals surface area (Å²) >= 11 is 0. The van der Waals surface area contributed by atoms with E-state index in [0.29, 0.717) is 31.7 Å². The highest BCUT2D eigenvalue weighted by Crippen LogP contribution is 2.33. The standard InChI is InChI=1S/C15H16N2O4/c1-17(12-4-2-11(3-5-12)13(18)19)14(20)15(10-16)6-8-21-9-7-15/h2-5H,6-9H2,1H3,(H,18,19). The molecule has 0 bridgehead atoms. The van der Waals surface area contributed by atoms with Crippen LogP contribution in [-0.4, -0.2) is 37.2 Å². The highest BCUT2D eigenvalue weighted by molar-refractivity contribution is 5.99. The van der Waals surface area contributed by atoms with E-state index in [9.17, 15) is 14.9 Å². The molecule has 21 heavy (non-hydrogen) atoms. The average Bonchev–Trinajstić information content (AvgIpc) is 2.54. The number of carbonyl (C=O) groups excluding carboxylic acids is 1. The highest BCUT2D eigenvalue weighted by atomic mass is 16.5. The molecule has 0 unspecified atom stereocenters. The number of nitriles is 1. The first kappa shape index (κ1) is 15.0. The Morgan fingerprint density at radius 1 is 1.29 bits per heavy atom. The number of rotatable bonds is 3. The first-order chi connectivity index (χ1) is 10.00. The molecular weight excluding hydrogens is 272 g/mol. The molecule has 0 saturated carbocycles. The molecule has 1 saturated heterocycles. The molecule has 1 fully saturated rings. The third kappa shape index (κ3) is 2.88. The molecule has 2 rings (SSSR count). The molecule has 1 aromatic rings. The lowest BCUT2D eigenvalue weighted by Gasteiger charge is -2.33. The summed E-state index contributed by atoms with van der Waals surface area (Å²) in [7, 11) is 1.59. The lowest BCUT2D eigenvalue weighted by Crippen LogP contribution is -2.44. The number of aromatic carboxylic acids is 1. The maximum atomic E-state index is 12.6. The fourth-order valence-corrected chi connectivity index (χ4v) is 2.36. The van der Waals surface area contributed by atoms with Crippen LogP contribution >= 0.6 is 0 Å². The second-order valence-electron chi connectivity index (χ2n) is 5.02. The van der Waals surface area contributed by atoms with Crippen LogP contribution < -0.4 is 4.90 Å². The van der Waals surface area contributed by atoms with Gasteiger partial charge < -0.3 is 14.7 Å². The Balaban J connectivity index is 2.22. The molecule has 0 atom stereocenters. The molecule has 6 heteroatoms. The zero-order valence-corrected chi connectivity index (χ0v) is 11.7. The van der Waals surface area contributed by atoms with Crippen LogP contribution in [0.3, 0.4) is 0 Å². The molecular formula is C15H16N2O4. The van der Waals surface area contributed by atoms with Gasteiger partial charge in [-0.25, -0.2) is 4.79 Å². The van der Waals surface area contributed by atoms with E-state index in [4.69, 9.17) is 9.84 Å². The summed E-state index contributed by atoms with van der Waals surface area (Å²) in [5.41, 5.74) is -0.342. The molecule has 1 aliphatic heterocycles. The fourth-order valence-electron chi connectivity index (χ4n) is 2.36. The number of benzene rings is 1. The molecule has 110 valence electrons. The van der Waals surface area contributed by atoms with Crippen molar-refractivity contribution in [1.82, 2.24) is 0 Å². The Kier molecular flexibility index (Phi) is 4.24. The van der Waals surface area contributed by atoms with Crippen LogP contribution in [0, 0.1) is 16.7 Å². The molecule has 0 aromatic heterocycles. The Hall–Kier alpha value is -2.39. The van der Waals surface area contributed by atoms with Gasteiger partial charge in [-0.2, -0.15) is 5.26 Å². The lowest BCUT2D eigenvalue weighted by molar-refractivity contribution is -0.129. The van der Waals surface area contributed by atoms with Crippen molar-refractivity contribution in [1.29, 1.82) is 5.26 Å². The van der Waals surface area contributed by atoms with E-state index in [-0.39, 0.29) is 11.5 Å². The highest BCUT2D eigenvalue weighted by Gasteiger charge is 2.42. The van der Waals surface area contributed by atoms with Crippen molar-refractivity contribution in [3.8, 4) is 6.07 Å². The third-order valence-corrected chi connectivity index (χ3v) is 3.78. The second kappa shape index (κ2) is 5.94. The van der Waals surface area contributed by atoms with Crippen LogP contribution in [0.4, 0.5) is 5.69 Å². The summed E-state index contributed by atoms with van der Waals surface area (Å²) < 4.78 is 5.22. The van der Waals surface area contributed by atoms with Gasteiger partial charge in [-0.05, 0) is 37.1 Å². The molecule has 0 aliphatic carbocycles. The van der Waals surface area contributed by atoms with E-state index in [1.54, 1.807) is 19.2 Å². The van der Waals surface area contributed by atoms with Crippen molar-refractivity contribution >= 4 is 17.6 Å². The SMILES string of the molecule is CN(C(=O)C1(C#N)CCOCC1)c1ccc(C(=O)O)cc1. The summed E-state index contributed by atoms with van der Waals surface area (Å²) in [6, 6.07) is 8.12. The van der Waals surface area contributed by atoms with E-state index >= 15 is 0 Å². The Bertz CT molecular complexity index is 583. The topological polar surface area (TPSA) is 90.6 Å². The zero-order valence-electron chi connectivity index (χ0n) is 11.7. The van der Waals surface area contributed by atoms with Gasteiger partial charge in [-0.1, -0.05) is 0 Å². The Morgan fingerprint density at radius 2 is 1.86 bits per heavy atom. The van der Waals surface area contributed by atoms with Crippen molar-refractivity contribution < 1.29 is 19.4 Å². The smallest absolute Gasteiger partial charge is 0.335 e. The maximum absolute atomic E-state index is 12.6. The van der Waals surface area contributed by atoms with Gasteiger partial charge >= 0.3 is 5.97 Å². The number of carbonyl (C=O) groups is 2. The van der Waals surface area contributed by atoms with Crippen molar-refractivity contribution in [3.05, 3.63) is 29.8 Å². The molecule has 6 nitrogen and oxygen atoms in total. The Morgan fingerprint density at radius 3 is 2.33 bits per heavy atom. The van der Waals surface area contributed by atoms with Gasteiger partial charge in [0.25, 0.3) is 0 Å². The van der Waals surface area contributed by atoms with Crippen molar-refractivity contribution in [2.45, 2.75) is 12.8 Å². The number of anilines is 1. The fraction of sp³-hybridized carbons (Fsp3) is 0.400. The number of hydrogen-bond donors (Lipinski definition) is 1. The molecule has 1 heterocycles. The maximum Gasteiger partial charge on any atom is 0.335 e. The van der Waals surface area contributed by atoms with Crippen LogP contribution in [0.5, 0.6) is 0 Å². The number of carboxylic acids is 1. The molecule has 1 N–H and O–H groups in total. The zero-order chi connectivity index (χ0) is 15.5. The van der Waals surface area contributed by atoms with Crippen LogP contribution in [0.1, 0.15) is 23.2 Å². The Labute approximate surface area is 122 Å². The summed E-state index contributed by atoms with van der Waals surface area (Å²) in [5.74, 6) is -1.30.